The van der Waals surface area contributed by atoms with Gasteiger partial charge in [0.1, 0.15) is 0 Å². The normalized spacial score (nSPS) is 11.1. The summed E-state index contributed by atoms with van der Waals surface area (Å²) >= 11 is 6.06. The molecule has 0 unspecified atom stereocenters. The molecule has 0 saturated carbocycles. The van der Waals surface area contributed by atoms with Crippen LogP contribution in [0.4, 0.5) is 0 Å². The molecule has 0 spiro atoms. The lowest BCUT2D eigenvalue weighted by atomic mass is 10.3. The minimum absolute atomic E-state index is 0.201. The summed E-state index contributed by atoms with van der Waals surface area (Å²) in [7, 11) is 1.78. The molecule has 1 heterocycles. The fraction of sp³-hybridized carbons (Fsp3) is 0.692. The van der Waals surface area contributed by atoms with Gasteiger partial charge in [-0.15, -0.1) is 0 Å². The van der Waals surface area contributed by atoms with E-state index in [1.165, 1.54) is 0 Å². The van der Waals surface area contributed by atoms with Gasteiger partial charge in [-0.25, -0.2) is 0 Å². The van der Waals surface area contributed by atoms with E-state index >= 15 is 0 Å². The molecule has 0 fully saturated rings. The molecule has 1 amide bonds. The summed E-state index contributed by atoms with van der Waals surface area (Å²) in [4.78, 5) is 14.3. The van der Waals surface area contributed by atoms with Crippen LogP contribution in [0.2, 0.25) is 5.02 Å². The summed E-state index contributed by atoms with van der Waals surface area (Å²) in [6.07, 6.45) is 0.927. The maximum Gasteiger partial charge on any atom is 0.273 e. The lowest BCUT2D eigenvalue weighted by Gasteiger charge is -2.17. The number of carbonyl (C=O) groups excluding carboxylic acids is 1. The van der Waals surface area contributed by atoms with Crippen molar-refractivity contribution in [2.75, 3.05) is 26.2 Å². The van der Waals surface area contributed by atoms with Crippen LogP contribution in [-0.4, -0.2) is 46.8 Å². The number of halogens is 1. The maximum absolute atomic E-state index is 11.9. The number of nitrogens with zero attached hydrogens (tertiary/aromatic N) is 3. The van der Waals surface area contributed by atoms with E-state index < -0.39 is 0 Å². The second kappa shape index (κ2) is 7.50. The predicted molar refractivity (Wildman–Crippen MR) is 77.7 cm³/mol. The molecule has 0 aliphatic carbocycles. The molecule has 1 N–H and O–H groups in total. The Labute approximate surface area is 119 Å². The summed E-state index contributed by atoms with van der Waals surface area (Å²) in [6, 6.07) is 0. The van der Waals surface area contributed by atoms with Gasteiger partial charge in [-0.3, -0.25) is 9.48 Å². The highest BCUT2D eigenvalue weighted by Gasteiger charge is 2.17. The van der Waals surface area contributed by atoms with Gasteiger partial charge in [0.15, 0.2) is 5.69 Å². The van der Waals surface area contributed by atoms with Crippen molar-refractivity contribution in [3.63, 3.8) is 0 Å². The highest BCUT2D eigenvalue weighted by molar-refractivity contribution is 6.34. The van der Waals surface area contributed by atoms with Crippen molar-refractivity contribution in [3.8, 4) is 0 Å². The number of nitrogens with one attached hydrogen (secondary N) is 1. The van der Waals surface area contributed by atoms with E-state index in [9.17, 15) is 4.79 Å². The van der Waals surface area contributed by atoms with Gasteiger partial charge in [0, 0.05) is 13.6 Å². The Bertz CT molecular complexity index is 427. The molecule has 0 aliphatic heterocycles. The minimum Gasteiger partial charge on any atom is -0.351 e. The molecule has 0 saturated heterocycles. The first-order valence-electron chi connectivity index (χ1n) is 6.70. The number of rotatable bonds is 7. The van der Waals surface area contributed by atoms with Crippen LogP contribution in [0.15, 0.2) is 0 Å². The second-order valence-corrected chi connectivity index (χ2v) is 4.89. The standard InChI is InChI=1S/C13H23ClN4O/c1-5-18(6-2)9-7-8-15-13(19)12-11(14)10(3)17(4)16-12/h5-9H2,1-4H3,(H,15,19). The van der Waals surface area contributed by atoms with Crippen LogP contribution < -0.4 is 5.32 Å². The van der Waals surface area contributed by atoms with Crippen molar-refractivity contribution >= 4 is 17.5 Å². The van der Waals surface area contributed by atoms with Crippen LogP contribution in [0.3, 0.4) is 0 Å². The molecular formula is C13H23ClN4O. The monoisotopic (exact) mass is 286 g/mol. The first-order valence-corrected chi connectivity index (χ1v) is 7.08. The number of aryl methyl sites for hydroxylation is 1. The molecule has 19 heavy (non-hydrogen) atoms. The average Bonchev–Trinajstić information content (AvgIpc) is 2.66. The smallest absolute Gasteiger partial charge is 0.273 e. The molecule has 0 radical (unpaired) electrons. The molecule has 0 bridgehead atoms. The van der Waals surface area contributed by atoms with E-state index in [0.29, 0.717) is 17.3 Å². The van der Waals surface area contributed by atoms with Crippen LogP contribution in [0, 0.1) is 6.92 Å². The topological polar surface area (TPSA) is 50.2 Å². The Kier molecular flexibility index (Phi) is 6.31. The zero-order chi connectivity index (χ0) is 14.4. The van der Waals surface area contributed by atoms with Crippen molar-refractivity contribution in [1.29, 1.82) is 0 Å². The zero-order valence-corrected chi connectivity index (χ0v) is 12.9. The van der Waals surface area contributed by atoms with Crippen molar-refractivity contribution in [1.82, 2.24) is 20.0 Å². The fourth-order valence-corrected chi connectivity index (χ4v) is 2.10. The Morgan fingerprint density at radius 1 is 1.42 bits per heavy atom. The number of hydrogen-bond donors (Lipinski definition) is 1. The minimum atomic E-state index is -0.201. The largest absolute Gasteiger partial charge is 0.351 e. The molecule has 1 aromatic heterocycles. The zero-order valence-electron chi connectivity index (χ0n) is 12.2. The van der Waals surface area contributed by atoms with Crippen LogP contribution >= 0.6 is 11.6 Å². The second-order valence-electron chi connectivity index (χ2n) is 4.51. The Morgan fingerprint density at radius 2 is 2.05 bits per heavy atom. The Morgan fingerprint density at radius 3 is 2.53 bits per heavy atom. The fourth-order valence-electron chi connectivity index (χ4n) is 1.86. The van der Waals surface area contributed by atoms with Gasteiger partial charge < -0.3 is 10.2 Å². The van der Waals surface area contributed by atoms with Crippen LogP contribution in [-0.2, 0) is 7.05 Å². The van der Waals surface area contributed by atoms with Gasteiger partial charge in [0.25, 0.3) is 5.91 Å². The van der Waals surface area contributed by atoms with Crippen molar-refractivity contribution in [2.45, 2.75) is 27.2 Å². The Balaban J connectivity index is 2.41. The Hall–Kier alpha value is -1.07. The lowest BCUT2D eigenvalue weighted by Crippen LogP contribution is -2.30. The number of carbonyl (C=O) groups is 1. The van der Waals surface area contributed by atoms with Crippen LogP contribution in [0.25, 0.3) is 0 Å². The van der Waals surface area contributed by atoms with Gasteiger partial charge >= 0.3 is 0 Å². The molecule has 0 aromatic carbocycles. The molecule has 1 rings (SSSR count). The first kappa shape index (κ1) is 16.0. The summed E-state index contributed by atoms with van der Waals surface area (Å²) in [6.45, 7) is 9.82. The highest BCUT2D eigenvalue weighted by Crippen LogP contribution is 2.18. The van der Waals surface area contributed by atoms with Crippen LogP contribution in [0.5, 0.6) is 0 Å². The summed E-state index contributed by atoms with van der Waals surface area (Å²) in [5.41, 5.74) is 1.11. The summed E-state index contributed by atoms with van der Waals surface area (Å²) in [5, 5.41) is 7.41. The quantitative estimate of drug-likeness (QED) is 0.778. The van der Waals surface area contributed by atoms with Crippen molar-refractivity contribution in [2.24, 2.45) is 7.05 Å². The maximum atomic E-state index is 11.9. The molecule has 5 nitrogen and oxygen atoms in total. The third-order valence-corrected chi connectivity index (χ3v) is 3.76. The van der Waals surface area contributed by atoms with E-state index in [2.05, 4.69) is 29.2 Å². The van der Waals surface area contributed by atoms with Crippen molar-refractivity contribution in [3.05, 3.63) is 16.4 Å². The first-order chi connectivity index (χ1) is 9.01. The summed E-state index contributed by atoms with van der Waals surface area (Å²) < 4.78 is 1.62. The van der Waals surface area contributed by atoms with E-state index in [1.54, 1.807) is 11.7 Å². The van der Waals surface area contributed by atoms with E-state index in [4.69, 9.17) is 11.6 Å². The van der Waals surface area contributed by atoms with Crippen molar-refractivity contribution < 1.29 is 4.79 Å². The average molecular weight is 287 g/mol. The van der Waals surface area contributed by atoms with Crippen LogP contribution in [0.1, 0.15) is 36.5 Å². The highest BCUT2D eigenvalue weighted by atomic mass is 35.5. The molecular weight excluding hydrogens is 264 g/mol. The van der Waals surface area contributed by atoms with E-state index in [1.807, 2.05) is 6.92 Å². The number of aromatic nitrogens is 2. The van der Waals surface area contributed by atoms with E-state index in [0.717, 1.165) is 31.7 Å². The molecule has 1 aromatic rings. The van der Waals surface area contributed by atoms with E-state index in [-0.39, 0.29) is 5.91 Å². The molecule has 0 aliphatic rings. The third-order valence-electron chi connectivity index (χ3n) is 3.31. The van der Waals surface area contributed by atoms with Gasteiger partial charge in [-0.2, -0.15) is 5.10 Å². The number of hydrogen-bond acceptors (Lipinski definition) is 3. The molecule has 0 atom stereocenters. The number of amides is 1. The summed E-state index contributed by atoms with van der Waals surface area (Å²) in [5.74, 6) is -0.201. The lowest BCUT2D eigenvalue weighted by molar-refractivity contribution is 0.0946. The van der Waals surface area contributed by atoms with Gasteiger partial charge in [0.05, 0.1) is 10.7 Å². The SMILES string of the molecule is CCN(CC)CCCNC(=O)c1nn(C)c(C)c1Cl. The van der Waals surface area contributed by atoms with Gasteiger partial charge in [-0.05, 0) is 33.0 Å². The molecule has 108 valence electrons. The molecule has 6 heteroatoms. The third kappa shape index (κ3) is 4.21. The predicted octanol–water partition coefficient (Wildman–Crippen LogP) is 1.84. The van der Waals surface area contributed by atoms with Gasteiger partial charge in [-0.1, -0.05) is 25.4 Å². The van der Waals surface area contributed by atoms with Gasteiger partial charge in [0.2, 0.25) is 0 Å².